The lowest BCUT2D eigenvalue weighted by atomic mass is 10.3. The van der Waals surface area contributed by atoms with Crippen molar-refractivity contribution >= 4 is 5.65 Å². The maximum absolute atomic E-state index is 9.60. The van der Waals surface area contributed by atoms with Crippen molar-refractivity contribution in [1.29, 1.82) is 0 Å². The van der Waals surface area contributed by atoms with Crippen molar-refractivity contribution in [1.82, 2.24) is 18.9 Å². The number of nitrogens with zero attached hydrogens (tertiary/aromatic N) is 4. The Morgan fingerprint density at radius 2 is 2.22 bits per heavy atom. The van der Waals surface area contributed by atoms with E-state index in [1.54, 1.807) is 13.1 Å². The van der Waals surface area contributed by atoms with E-state index in [-0.39, 0.29) is 0 Å². The smallest absolute Gasteiger partial charge is 0.137 e. The molecule has 92 valence electrons. The van der Waals surface area contributed by atoms with Gasteiger partial charge in [0.1, 0.15) is 17.6 Å². The quantitative estimate of drug-likeness (QED) is 0.759. The average molecular weight is 242 g/mol. The molecule has 1 atom stereocenters. The molecule has 3 rings (SSSR count). The van der Waals surface area contributed by atoms with Crippen LogP contribution in [-0.4, -0.2) is 24.0 Å². The molecule has 3 aromatic rings. The fourth-order valence-electron chi connectivity index (χ4n) is 2.06. The molecule has 0 saturated heterocycles. The van der Waals surface area contributed by atoms with Gasteiger partial charge in [-0.2, -0.15) is 0 Å². The van der Waals surface area contributed by atoms with Gasteiger partial charge in [-0.3, -0.25) is 0 Å². The summed E-state index contributed by atoms with van der Waals surface area (Å²) in [6.07, 6.45) is 6.93. The van der Waals surface area contributed by atoms with Gasteiger partial charge in [0.15, 0.2) is 0 Å². The summed E-state index contributed by atoms with van der Waals surface area (Å²) in [7, 11) is 0. The number of pyridine rings is 1. The van der Waals surface area contributed by atoms with Gasteiger partial charge in [0.2, 0.25) is 0 Å². The van der Waals surface area contributed by atoms with Crippen LogP contribution in [0.3, 0.4) is 0 Å². The normalized spacial score (nSPS) is 13.0. The van der Waals surface area contributed by atoms with Crippen LogP contribution in [-0.2, 0) is 6.54 Å². The van der Waals surface area contributed by atoms with Crippen LogP contribution in [0.5, 0.6) is 0 Å². The standard InChI is InChI=1S/C13H14N4O/c1-10(18)13-14-5-7-17(13)9-11-8-16-6-3-2-4-12(16)15-11/h2-8,10,18H,9H2,1H3. The van der Waals surface area contributed by atoms with Crippen molar-refractivity contribution in [2.45, 2.75) is 19.6 Å². The molecule has 0 bridgehead atoms. The maximum atomic E-state index is 9.60. The predicted molar refractivity (Wildman–Crippen MR) is 67.2 cm³/mol. The number of rotatable bonds is 3. The molecule has 0 aliphatic rings. The average Bonchev–Trinajstić information content (AvgIpc) is 2.94. The first-order chi connectivity index (χ1) is 8.74. The fourth-order valence-corrected chi connectivity index (χ4v) is 2.06. The minimum absolute atomic E-state index is 0.572. The highest BCUT2D eigenvalue weighted by Crippen LogP contribution is 2.12. The zero-order valence-electron chi connectivity index (χ0n) is 10.1. The van der Waals surface area contributed by atoms with Gasteiger partial charge in [-0.1, -0.05) is 6.07 Å². The summed E-state index contributed by atoms with van der Waals surface area (Å²) in [5, 5.41) is 9.60. The van der Waals surface area contributed by atoms with Crippen LogP contribution in [0.25, 0.3) is 5.65 Å². The second-order valence-electron chi connectivity index (χ2n) is 4.29. The van der Waals surface area contributed by atoms with E-state index in [1.165, 1.54) is 0 Å². The zero-order chi connectivity index (χ0) is 12.5. The first-order valence-electron chi connectivity index (χ1n) is 5.86. The van der Waals surface area contributed by atoms with Crippen LogP contribution in [0.15, 0.2) is 43.0 Å². The van der Waals surface area contributed by atoms with Crippen molar-refractivity contribution in [2.24, 2.45) is 0 Å². The molecule has 5 nitrogen and oxygen atoms in total. The minimum atomic E-state index is -0.572. The number of aromatic nitrogens is 4. The van der Waals surface area contributed by atoms with Crippen molar-refractivity contribution in [3.8, 4) is 0 Å². The van der Waals surface area contributed by atoms with Crippen LogP contribution < -0.4 is 0 Å². The van der Waals surface area contributed by atoms with Crippen LogP contribution in [0.1, 0.15) is 24.5 Å². The number of fused-ring (bicyclic) bond motifs is 1. The van der Waals surface area contributed by atoms with E-state index in [4.69, 9.17) is 0 Å². The van der Waals surface area contributed by atoms with E-state index in [0.717, 1.165) is 11.3 Å². The molecule has 3 aromatic heterocycles. The van der Waals surface area contributed by atoms with E-state index in [2.05, 4.69) is 9.97 Å². The third kappa shape index (κ3) is 1.89. The van der Waals surface area contributed by atoms with Crippen molar-refractivity contribution in [3.05, 3.63) is 54.5 Å². The van der Waals surface area contributed by atoms with E-state index in [9.17, 15) is 5.11 Å². The van der Waals surface area contributed by atoms with E-state index in [1.807, 2.05) is 45.8 Å². The molecule has 0 amide bonds. The van der Waals surface area contributed by atoms with Gasteiger partial charge in [0.25, 0.3) is 0 Å². The summed E-state index contributed by atoms with van der Waals surface area (Å²) in [5.74, 6) is 0.659. The van der Waals surface area contributed by atoms with Gasteiger partial charge in [0, 0.05) is 24.8 Å². The van der Waals surface area contributed by atoms with Crippen molar-refractivity contribution in [3.63, 3.8) is 0 Å². The van der Waals surface area contributed by atoms with E-state index < -0.39 is 6.10 Å². The van der Waals surface area contributed by atoms with Gasteiger partial charge in [-0.15, -0.1) is 0 Å². The lowest BCUT2D eigenvalue weighted by Crippen LogP contribution is -2.07. The summed E-state index contributed by atoms with van der Waals surface area (Å²) in [5.41, 5.74) is 1.87. The number of aliphatic hydroxyl groups excluding tert-OH is 1. The SMILES string of the molecule is CC(O)c1nccn1Cc1cn2ccccc2n1. The van der Waals surface area contributed by atoms with E-state index >= 15 is 0 Å². The summed E-state index contributed by atoms with van der Waals surface area (Å²) >= 11 is 0. The molecule has 0 radical (unpaired) electrons. The number of hydrogen-bond acceptors (Lipinski definition) is 3. The largest absolute Gasteiger partial charge is 0.385 e. The lowest BCUT2D eigenvalue weighted by molar-refractivity contribution is 0.184. The molecular weight excluding hydrogens is 228 g/mol. The second kappa shape index (κ2) is 4.27. The highest BCUT2D eigenvalue weighted by molar-refractivity contribution is 5.39. The molecule has 18 heavy (non-hydrogen) atoms. The molecule has 3 heterocycles. The summed E-state index contributed by atoms with van der Waals surface area (Å²) in [6, 6.07) is 5.90. The highest BCUT2D eigenvalue weighted by atomic mass is 16.3. The Kier molecular flexibility index (Phi) is 2.60. The molecule has 1 unspecified atom stereocenters. The van der Waals surface area contributed by atoms with Crippen LogP contribution >= 0.6 is 0 Å². The number of imidazole rings is 2. The summed E-state index contributed by atoms with van der Waals surface area (Å²) < 4.78 is 3.89. The zero-order valence-corrected chi connectivity index (χ0v) is 10.1. The van der Waals surface area contributed by atoms with Crippen molar-refractivity contribution in [2.75, 3.05) is 0 Å². The van der Waals surface area contributed by atoms with Crippen molar-refractivity contribution < 1.29 is 5.11 Å². The van der Waals surface area contributed by atoms with Crippen LogP contribution in [0.4, 0.5) is 0 Å². The molecular formula is C13H14N4O. The van der Waals surface area contributed by atoms with Gasteiger partial charge in [-0.25, -0.2) is 9.97 Å². The summed E-state index contributed by atoms with van der Waals surface area (Å²) in [4.78, 5) is 8.66. The monoisotopic (exact) mass is 242 g/mol. The summed E-state index contributed by atoms with van der Waals surface area (Å²) in [6.45, 7) is 2.32. The molecule has 0 saturated carbocycles. The maximum Gasteiger partial charge on any atom is 0.137 e. The third-order valence-corrected chi connectivity index (χ3v) is 2.87. The Hall–Kier alpha value is -2.14. The predicted octanol–water partition coefficient (Wildman–Crippen LogP) is 1.63. The minimum Gasteiger partial charge on any atom is -0.385 e. The van der Waals surface area contributed by atoms with Gasteiger partial charge >= 0.3 is 0 Å². The molecule has 5 heteroatoms. The first-order valence-corrected chi connectivity index (χ1v) is 5.86. The Morgan fingerprint density at radius 1 is 1.33 bits per heavy atom. The van der Waals surface area contributed by atoms with Gasteiger partial charge in [0.05, 0.1) is 12.2 Å². The third-order valence-electron chi connectivity index (χ3n) is 2.87. The molecule has 0 aliphatic carbocycles. The van der Waals surface area contributed by atoms with Gasteiger partial charge < -0.3 is 14.1 Å². The molecule has 0 aliphatic heterocycles. The molecule has 0 spiro atoms. The Labute approximate surface area is 104 Å². The Balaban J connectivity index is 1.94. The fraction of sp³-hybridized carbons (Fsp3) is 0.231. The lowest BCUT2D eigenvalue weighted by Gasteiger charge is -2.07. The molecule has 1 N–H and O–H groups in total. The Morgan fingerprint density at radius 3 is 3.00 bits per heavy atom. The van der Waals surface area contributed by atoms with Gasteiger partial charge in [-0.05, 0) is 19.1 Å². The number of hydrogen-bond donors (Lipinski definition) is 1. The first kappa shape index (κ1) is 11.0. The van der Waals surface area contributed by atoms with E-state index in [0.29, 0.717) is 12.4 Å². The molecule has 0 aromatic carbocycles. The van der Waals surface area contributed by atoms with Crippen LogP contribution in [0.2, 0.25) is 0 Å². The van der Waals surface area contributed by atoms with Crippen LogP contribution in [0, 0.1) is 0 Å². The topological polar surface area (TPSA) is 55.4 Å². The second-order valence-corrected chi connectivity index (χ2v) is 4.29. The Bertz CT molecular complexity index is 635. The molecule has 0 fully saturated rings. The number of aliphatic hydroxyl groups is 1. The highest BCUT2D eigenvalue weighted by Gasteiger charge is 2.10.